The maximum atomic E-state index is 13.2. The number of hydrogen-bond donors (Lipinski definition) is 1. The standard InChI is InChI=1S/C17H24FNO2/c1-15(2)11-20-17(21-12-15)10-4-3-9-16(17,19)13-5-7-14(18)8-6-13/h5-8H,3-4,9-12,19H2,1-2H3. The highest BCUT2D eigenvalue weighted by Gasteiger charge is 2.56. The second-order valence-electron chi connectivity index (χ2n) is 7.18. The Morgan fingerprint density at radius 1 is 1.00 bits per heavy atom. The lowest BCUT2D eigenvalue weighted by molar-refractivity contribution is -0.340. The highest BCUT2D eigenvalue weighted by molar-refractivity contribution is 5.29. The first-order chi connectivity index (χ1) is 9.87. The Bertz CT molecular complexity index is 504. The van der Waals surface area contributed by atoms with E-state index < -0.39 is 11.3 Å². The van der Waals surface area contributed by atoms with Gasteiger partial charge in [0.15, 0.2) is 5.79 Å². The van der Waals surface area contributed by atoms with Gasteiger partial charge < -0.3 is 15.2 Å². The van der Waals surface area contributed by atoms with Crippen molar-refractivity contribution in [2.75, 3.05) is 13.2 Å². The topological polar surface area (TPSA) is 44.5 Å². The van der Waals surface area contributed by atoms with Gasteiger partial charge in [-0.3, -0.25) is 0 Å². The molecular formula is C17H24FNO2. The smallest absolute Gasteiger partial charge is 0.190 e. The van der Waals surface area contributed by atoms with Crippen molar-refractivity contribution >= 4 is 0 Å². The molecule has 2 N–H and O–H groups in total. The van der Waals surface area contributed by atoms with E-state index in [1.165, 1.54) is 12.1 Å². The minimum Gasteiger partial charge on any atom is -0.347 e. The van der Waals surface area contributed by atoms with E-state index in [0.717, 1.165) is 31.2 Å². The van der Waals surface area contributed by atoms with Gasteiger partial charge in [-0.1, -0.05) is 32.4 Å². The Kier molecular flexibility index (Phi) is 3.59. The van der Waals surface area contributed by atoms with Crippen molar-refractivity contribution in [1.29, 1.82) is 0 Å². The summed E-state index contributed by atoms with van der Waals surface area (Å²) in [5.74, 6) is -1.03. The van der Waals surface area contributed by atoms with Gasteiger partial charge in [0, 0.05) is 11.8 Å². The largest absolute Gasteiger partial charge is 0.347 e. The van der Waals surface area contributed by atoms with Crippen LogP contribution in [0.1, 0.15) is 45.1 Å². The molecule has 1 aromatic rings. The summed E-state index contributed by atoms with van der Waals surface area (Å²) < 4.78 is 25.6. The Balaban J connectivity index is 1.96. The number of ether oxygens (including phenoxy) is 2. The molecule has 1 aromatic carbocycles. The predicted molar refractivity (Wildman–Crippen MR) is 79.1 cm³/mol. The third-order valence-electron chi connectivity index (χ3n) is 4.76. The van der Waals surface area contributed by atoms with Gasteiger partial charge in [-0.15, -0.1) is 0 Å². The fraction of sp³-hybridized carbons (Fsp3) is 0.647. The SMILES string of the molecule is CC1(C)COC2(CCCCC2(N)c2ccc(F)cc2)OC1. The number of halogens is 1. The molecule has 1 aliphatic heterocycles. The maximum absolute atomic E-state index is 13.2. The van der Waals surface area contributed by atoms with Crippen LogP contribution in [0.5, 0.6) is 0 Å². The molecule has 1 saturated carbocycles. The van der Waals surface area contributed by atoms with Crippen LogP contribution in [-0.4, -0.2) is 19.0 Å². The average Bonchev–Trinajstić information content (AvgIpc) is 2.46. The van der Waals surface area contributed by atoms with Crippen molar-refractivity contribution in [3.05, 3.63) is 35.6 Å². The summed E-state index contributed by atoms with van der Waals surface area (Å²) in [5, 5.41) is 0. The fourth-order valence-corrected chi connectivity index (χ4v) is 3.40. The first kappa shape index (κ1) is 14.9. The van der Waals surface area contributed by atoms with Crippen LogP contribution in [0.2, 0.25) is 0 Å². The highest BCUT2D eigenvalue weighted by Crippen LogP contribution is 2.49. The maximum Gasteiger partial charge on any atom is 0.190 e. The van der Waals surface area contributed by atoms with Crippen molar-refractivity contribution in [2.24, 2.45) is 11.1 Å². The Labute approximate surface area is 125 Å². The summed E-state index contributed by atoms with van der Waals surface area (Å²) in [7, 11) is 0. The van der Waals surface area contributed by atoms with Gasteiger partial charge in [-0.25, -0.2) is 4.39 Å². The zero-order valence-corrected chi connectivity index (χ0v) is 12.8. The van der Waals surface area contributed by atoms with Crippen molar-refractivity contribution in [3.63, 3.8) is 0 Å². The van der Waals surface area contributed by atoms with Crippen molar-refractivity contribution in [1.82, 2.24) is 0 Å². The first-order valence-electron chi connectivity index (χ1n) is 7.70. The molecule has 1 unspecified atom stereocenters. The number of hydrogen-bond acceptors (Lipinski definition) is 3. The predicted octanol–water partition coefficient (Wildman–Crippen LogP) is 3.32. The molecule has 4 heteroatoms. The monoisotopic (exact) mass is 293 g/mol. The minimum absolute atomic E-state index is 0.00635. The molecule has 2 aliphatic rings. The molecule has 21 heavy (non-hydrogen) atoms. The van der Waals surface area contributed by atoms with Crippen LogP contribution in [0.25, 0.3) is 0 Å². The zero-order chi connectivity index (χ0) is 15.1. The van der Waals surface area contributed by atoms with Crippen LogP contribution in [0.3, 0.4) is 0 Å². The molecule has 1 saturated heterocycles. The molecule has 1 aliphatic carbocycles. The lowest BCUT2D eigenvalue weighted by Gasteiger charge is -2.54. The highest BCUT2D eigenvalue weighted by atomic mass is 19.1. The van der Waals surface area contributed by atoms with Gasteiger partial charge in [-0.2, -0.15) is 0 Å². The molecule has 1 heterocycles. The molecule has 1 atom stereocenters. The van der Waals surface area contributed by atoms with Crippen molar-refractivity contribution in [2.45, 2.75) is 50.9 Å². The quantitative estimate of drug-likeness (QED) is 0.864. The van der Waals surface area contributed by atoms with Gasteiger partial charge in [0.25, 0.3) is 0 Å². The second-order valence-corrected chi connectivity index (χ2v) is 7.18. The summed E-state index contributed by atoms with van der Waals surface area (Å²) in [6.45, 7) is 5.51. The lowest BCUT2D eigenvalue weighted by Crippen LogP contribution is -2.65. The van der Waals surface area contributed by atoms with Crippen LogP contribution in [-0.2, 0) is 15.0 Å². The van der Waals surface area contributed by atoms with Crippen LogP contribution in [0.15, 0.2) is 24.3 Å². The van der Waals surface area contributed by atoms with Crippen molar-refractivity contribution in [3.8, 4) is 0 Å². The Morgan fingerprint density at radius 3 is 2.19 bits per heavy atom. The Hall–Kier alpha value is -0.970. The molecule has 0 radical (unpaired) electrons. The van der Waals surface area contributed by atoms with E-state index in [-0.39, 0.29) is 11.2 Å². The summed E-state index contributed by atoms with van der Waals surface area (Å²) in [4.78, 5) is 0. The van der Waals surface area contributed by atoms with E-state index in [2.05, 4.69) is 13.8 Å². The van der Waals surface area contributed by atoms with Gasteiger partial charge in [0.05, 0.1) is 18.8 Å². The summed E-state index contributed by atoms with van der Waals surface area (Å²) >= 11 is 0. The number of nitrogens with two attached hydrogens (primary N) is 1. The van der Waals surface area contributed by atoms with E-state index in [1.54, 1.807) is 12.1 Å². The summed E-state index contributed by atoms with van der Waals surface area (Å²) in [6.07, 6.45) is 3.66. The number of benzene rings is 1. The first-order valence-corrected chi connectivity index (χ1v) is 7.70. The van der Waals surface area contributed by atoms with Gasteiger partial charge in [0.1, 0.15) is 5.82 Å². The van der Waals surface area contributed by atoms with E-state index in [4.69, 9.17) is 15.2 Å². The lowest BCUT2D eigenvalue weighted by atomic mass is 9.71. The van der Waals surface area contributed by atoms with Crippen molar-refractivity contribution < 1.29 is 13.9 Å². The summed E-state index contributed by atoms with van der Waals surface area (Å²) in [5.41, 5.74) is 6.94. The fourth-order valence-electron chi connectivity index (χ4n) is 3.40. The van der Waals surface area contributed by atoms with Gasteiger partial charge in [0.2, 0.25) is 0 Å². The van der Waals surface area contributed by atoms with E-state index in [9.17, 15) is 4.39 Å². The summed E-state index contributed by atoms with van der Waals surface area (Å²) in [6, 6.07) is 6.43. The third kappa shape index (κ3) is 2.50. The van der Waals surface area contributed by atoms with E-state index in [0.29, 0.717) is 13.2 Å². The molecule has 0 amide bonds. The zero-order valence-electron chi connectivity index (χ0n) is 12.8. The molecule has 1 spiro atoms. The molecular weight excluding hydrogens is 269 g/mol. The minimum atomic E-state index is -0.779. The van der Waals surface area contributed by atoms with Crippen LogP contribution in [0.4, 0.5) is 4.39 Å². The third-order valence-corrected chi connectivity index (χ3v) is 4.76. The normalized spacial score (nSPS) is 31.2. The molecule has 2 fully saturated rings. The Morgan fingerprint density at radius 2 is 1.57 bits per heavy atom. The van der Waals surface area contributed by atoms with Crippen LogP contribution < -0.4 is 5.73 Å². The van der Waals surface area contributed by atoms with Gasteiger partial charge in [-0.05, 0) is 30.5 Å². The average molecular weight is 293 g/mol. The molecule has 3 rings (SSSR count). The van der Waals surface area contributed by atoms with E-state index >= 15 is 0 Å². The molecule has 0 bridgehead atoms. The second kappa shape index (κ2) is 5.04. The molecule has 0 aromatic heterocycles. The molecule has 116 valence electrons. The van der Waals surface area contributed by atoms with Gasteiger partial charge >= 0.3 is 0 Å². The van der Waals surface area contributed by atoms with Crippen LogP contribution >= 0.6 is 0 Å². The van der Waals surface area contributed by atoms with E-state index in [1.807, 2.05) is 0 Å². The van der Waals surface area contributed by atoms with Crippen LogP contribution in [0, 0.1) is 11.2 Å². The number of rotatable bonds is 1. The molecule has 3 nitrogen and oxygen atoms in total.